The van der Waals surface area contributed by atoms with Crippen molar-refractivity contribution >= 4 is 22.8 Å². The van der Waals surface area contributed by atoms with Gasteiger partial charge < -0.3 is 5.32 Å². The molecule has 1 saturated carbocycles. The van der Waals surface area contributed by atoms with Crippen molar-refractivity contribution in [3.05, 3.63) is 58.6 Å². The first-order valence-electron chi connectivity index (χ1n) is 9.56. The van der Waals surface area contributed by atoms with E-state index >= 15 is 0 Å². The lowest BCUT2D eigenvalue weighted by atomic mass is 9.95. The average Bonchev–Trinajstić information content (AvgIpc) is 2.96. The summed E-state index contributed by atoms with van der Waals surface area (Å²) >= 11 is 0. The second-order valence-corrected chi connectivity index (χ2v) is 7.24. The van der Waals surface area contributed by atoms with Crippen LogP contribution < -0.4 is 11.0 Å². The number of nitrogens with zero attached hydrogens (tertiary/aromatic N) is 3. The number of amides is 1. The van der Waals surface area contributed by atoms with Gasteiger partial charge in [-0.05, 0) is 43.5 Å². The van der Waals surface area contributed by atoms with Gasteiger partial charge in [-0.1, -0.05) is 37.5 Å². The second-order valence-electron chi connectivity index (χ2n) is 7.24. The van der Waals surface area contributed by atoms with E-state index in [9.17, 15) is 9.59 Å². The molecule has 0 atom stereocenters. The molecule has 6 heteroatoms. The zero-order valence-electron chi connectivity index (χ0n) is 15.5. The minimum Gasteiger partial charge on any atom is -0.324 e. The summed E-state index contributed by atoms with van der Waals surface area (Å²) in [7, 11) is 0. The van der Waals surface area contributed by atoms with E-state index in [1.165, 1.54) is 6.42 Å². The number of imidazole rings is 1. The Kier molecular flexibility index (Phi) is 4.79. The summed E-state index contributed by atoms with van der Waals surface area (Å²) in [6.07, 6.45) is 7.17. The van der Waals surface area contributed by atoms with Gasteiger partial charge in [-0.15, -0.1) is 0 Å². The van der Waals surface area contributed by atoms with Gasteiger partial charge in [0.25, 0.3) is 0 Å². The van der Waals surface area contributed by atoms with Crippen LogP contribution in [-0.2, 0) is 11.3 Å². The fourth-order valence-electron chi connectivity index (χ4n) is 3.98. The molecule has 0 saturated heterocycles. The number of nitrogens with one attached hydrogen (secondary N) is 1. The van der Waals surface area contributed by atoms with Crippen LogP contribution in [0.2, 0.25) is 0 Å². The third kappa shape index (κ3) is 3.39. The fourth-order valence-corrected chi connectivity index (χ4v) is 3.98. The van der Waals surface area contributed by atoms with Gasteiger partial charge >= 0.3 is 5.69 Å². The van der Waals surface area contributed by atoms with Crippen LogP contribution in [0.25, 0.3) is 11.2 Å². The molecule has 3 aromatic rings. The molecular formula is C21H24N4O2. The number of rotatable bonds is 4. The summed E-state index contributed by atoms with van der Waals surface area (Å²) in [6, 6.07) is 11.5. The number of hydrogen-bond donors (Lipinski definition) is 1. The number of benzene rings is 1. The number of anilines is 1. The van der Waals surface area contributed by atoms with Gasteiger partial charge in [-0.3, -0.25) is 13.9 Å². The van der Waals surface area contributed by atoms with E-state index in [-0.39, 0.29) is 24.2 Å². The number of hydrogen-bond acceptors (Lipinski definition) is 3. The molecule has 0 bridgehead atoms. The summed E-state index contributed by atoms with van der Waals surface area (Å²) < 4.78 is 3.35. The standard InChI is InChI=1S/C21H24N4O2/c1-15-8-5-6-11-17(15)23-19(26)14-24-18-12-7-13-22-20(18)25(21(24)27)16-9-3-2-4-10-16/h5-8,11-13,16H,2-4,9-10,14H2,1H3,(H,23,26). The summed E-state index contributed by atoms with van der Waals surface area (Å²) in [6.45, 7) is 1.93. The molecule has 0 aliphatic heterocycles. The lowest BCUT2D eigenvalue weighted by Crippen LogP contribution is -2.32. The van der Waals surface area contributed by atoms with Crippen molar-refractivity contribution in [2.75, 3.05) is 5.32 Å². The lowest BCUT2D eigenvalue weighted by Gasteiger charge is -2.22. The Morgan fingerprint density at radius 2 is 1.93 bits per heavy atom. The molecule has 4 rings (SSSR count). The number of aryl methyl sites for hydroxylation is 1. The first kappa shape index (κ1) is 17.5. The van der Waals surface area contributed by atoms with Gasteiger partial charge in [-0.2, -0.15) is 0 Å². The van der Waals surface area contributed by atoms with Crippen LogP contribution in [0.15, 0.2) is 47.4 Å². The molecule has 0 radical (unpaired) electrons. The normalized spacial score (nSPS) is 15.1. The van der Waals surface area contributed by atoms with Gasteiger partial charge in [0.2, 0.25) is 5.91 Å². The number of pyridine rings is 1. The SMILES string of the molecule is Cc1ccccc1NC(=O)Cn1c(=O)n(C2CCCCC2)c2ncccc21. The predicted octanol–water partition coefficient (Wildman–Crippen LogP) is 3.65. The van der Waals surface area contributed by atoms with Gasteiger partial charge in [0.1, 0.15) is 6.54 Å². The van der Waals surface area contributed by atoms with E-state index in [2.05, 4.69) is 10.3 Å². The Balaban J connectivity index is 1.67. The Labute approximate surface area is 157 Å². The third-order valence-electron chi connectivity index (χ3n) is 5.38. The summed E-state index contributed by atoms with van der Waals surface area (Å²) in [5, 5.41) is 2.91. The van der Waals surface area contributed by atoms with Crippen molar-refractivity contribution in [2.45, 2.75) is 51.6 Å². The van der Waals surface area contributed by atoms with Crippen LogP contribution in [0.4, 0.5) is 5.69 Å². The number of para-hydroxylation sites is 1. The van der Waals surface area contributed by atoms with Crippen molar-refractivity contribution in [3.63, 3.8) is 0 Å². The van der Waals surface area contributed by atoms with Crippen molar-refractivity contribution in [1.29, 1.82) is 0 Å². The average molecular weight is 364 g/mol. The minimum absolute atomic E-state index is 0.0188. The molecule has 1 N–H and O–H groups in total. The zero-order chi connectivity index (χ0) is 18.8. The molecule has 0 unspecified atom stereocenters. The number of aromatic nitrogens is 3. The molecule has 1 aromatic carbocycles. The maximum absolute atomic E-state index is 13.1. The smallest absolute Gasteiger partial charge is 0.324 e. The quantitative estimate of drug-likeness (QED) is 0.768. The van der Waals surface area contributed by atoms with Crippen LogP contribution in [-0.4, -0.2) is 20.0 Å². The molecule has 1 aliphatic carbocycles. The minimum atomic E-state index is -0.210. The zero-order valence-corrected chi connectivity index (χ0v) is 15.5. The number of carbonyl (C=O) groups is 1. The fraction of sp³-hybridized carbons (Fsp3) is 0.381. The van der Waals surface area contributed by atoms with Crippen LogP contribution in [0, 0.1) is 6.92 Å². The summed E-state index contributed by atoms with van der Waals surface area (Å²) in [4.78, 5) is 30.2. The van der Waals surface area contributed by atoms with Crippen molar-refractivity contribution in [1.82, 2.24) is 14.1 Å². The van der Waals surface area contributed by atoms with Gasteiger partial charge in [0, 0.05) is 17.9 Å². The third-order valence-corrected chi connectivity index (χ3v) is 5.38. The molecule has 6 nitrogen and oxygen atoms in total. The number of fused-ring (bicyclic) bond motifs is 1. The highest BCUT2D eigenvalue weighted by Gasteiger charge is 2.23. The largest absolute Gasteiger partial charge is 0.331 e. The van der Waals surface area contributed by atoms with Crippen LogP contribution in [0.5, 0.6) is 0 Å². The highest BCUT2D eigenvalue weighted by atomic mass is 16.2. The molecular weight excluding hydrogens is 340 g/mol. The van der Waals surface area contributed by atoms with E-state index in [1.54, 1.807) is 15.3 Å². The highest BCUT2D eigenvalue weighted by molar-refractivity contribution is 5.92. The molecule has 0 spiro atoms. The predicted molar refractivity (Wildman–Crippen MR) is 106 cm³/mol. The molecule has 1 amide bonds. The van der Waals surface area contributed by atoms with Crippen molar-refractivity contribution in [2.24, 2.45) is 0 Å². The van der Waals surface area contributed by atoms with Crippen LogP contribution in [0.1, 0.15) is 43.7 Å². The summed E-state index contributed by atoms with van der Waals surface area (Å²) in [5.74, 6) is -0.210. The molecule has 27 heavy (non-hydrogen) atoms. The molecule has 2 aromatic heterocycles. The van der Waals surface area contributed by atoms with Crippen LogP contribution in [0.3, 0.4) is 0 Å². The monoisotopic (exact) mass is 364 g/mol. The van der Waals surface area contributed by atoms with Gasteiger partial charge in [0.05, 0.1) is 5.52 Å². The van der Waals surface area contributed by atoms with Gasteiger partial charge in [0.15, 0.2) is 5.65 Å². The number of carbonyl (C=O) groups excluding carboxylic acids is 1. The topological polar surface area (TPSA) is 68.9 Å². The van der Waals surface area contributed by atoms with Gasteiger partial charge in [-0.25, -0.2) is 9.78 Å². The van der Waals surface area contributed by atoms with Crippen LogP contribution >= 0.6 is 0 Å². The van der Waals surface area contributed by atoms with E-state index < -0.39 is 0 Å². The Morgan fingerprint density at radius 1 is 1.15 bits per heavy atom. The maximum atomic E-state index is 13.1. The molecule has 140 valence electrons. The first-order valence-corrected chi connectivity index (χ1v) is 9.56. The first-order chi connectivity index (χ1) is 13.1. The lowest BCUT2D eigenvalue weighted by molar-refractivity contribution is -0.116. The van der Waals surface area contributed by atoms with Crippen molar-refractivity contribution in [3.8, 4) is 0 Å². The van der Waals surface area contributed by atoms with Crippen molar-refractivity contribution < 1.29 is 4.79 Å². The maximum Gasteiger partial charge on any atom is 0.331 e. The molecule has 1 fully saturated rings. The van der Waals surface area contributed by atoms with E-state index in [0.29, 0.717) is 11.2 Å². The molecule has 2 heterocycles. The second kappa shape index (κ2) is 7.39. The van der Waals surface area contributed by atoms with E-state index in [0.717, 1.165) is 36.9 Å². The summed E-state index contributed by atoms with van der Waals surface area (Å²) in [5.41, 5.74) is 3.01. The van der Waals surface area contributed by atoms with E-state index in [1.807, 2.05) is 43.3 Å². The Morgan fingerprint density at radius 3 is 2.70 bits per heavy atom. The Hall–Kier alpha value is -2.89. The molecule has 1 aliphatic rings. The Bertz CT molecular complexity index is 1030. The van der Waals surface area contributed by atoms with E-state index in [4.69, 9.17) is 0 Å². The highest BCUT2D eigenvalue weighted by Crippen LogP contribution is 2.29.